The molecule has 0 fully saturated rings. The Morgan fingerprint density at radius 3 is 3.00 bits per heavy atom. The fourth-order valence-corrected chi connectivity index (χ4v) is 1.60. The van der Waals surface area contributed by atoms with Crippen LogP contribution in [0.3, 0.4) is 0 Å². The van der Waals surface area contributed by atoms with Crippen molar-refractivity contribution in [3.8, 4) is 5.69 Å². The number of hydrogen-bond acceptors (Lipinski definition) is 3. The first-order valence-electron chi connectivity index (χ1n) is 5.98. The lowest BCUT2D eigenvalue weighted by Gasteiger charge is -2.09. The van der Waals surface area contributed by atoms with E-state index in [1.54, 1.807) is 10.9 Å². The van der Waals surface area contributed by atoms with Crippen molar-refractivity contribution in [3.05, 3.63) is 55.4 Å². The highest BCUT2D eigenvalue weighted by Crippen LogP contribution is 2.18. The zero-order chi connectivity index (χ0) is 14.2. The Kier molecular flexibility index (Phi) is 5.08. The predicted molar refractivity (Wildman–Crippen MR) is 84.0 cm³/mol. The van der Waals surface area contributed by atoms with Gasteiger partial charge in [-0.3, -0.25) is 4.99 Å². The quantitative estimate of drug-likeness (QED) is 0.656. The molecule has 1 N–H and O–H groups in total. The minimum atomic E-state index is 0.311. The number of anilines is 1. The molecule has 20 heavy (non-hydrogen) atoms. The number of allylic oxidation sites excluding steroid dienone is 1. The summed E-state index contributed by atoms with van der Waals surface area (Å²) in [7, 11) is 0. The normalized spacial score (nSPS) is 11.8. The van der Waals surface area contributed by atoms with Crippen LogP contribution < -0.4 is 5.32 Å². The van der Waals surface area contributed by atoms with Crippen LogP contribution in [-0.2, 0) is 0 Å². The first-order chi connectivity index (χ1) is 9.81. The second kappa shape index (κ2) is 7.25. The molecule has 0 unspecified atom stereocenters. The number of aliphatic imine (C=N–C) groups is 2. The van der Waals surface area contributed by atoms with Gasteiger partial charge in [0, 0.05) is 12.4 Å². The average Bonchev–Trinajstić information content (AvgIpc) is 3.01. The zero-order valence-electron chi connectivity index (χ0n) is 10.8. The van der Waals surface area contributed by atoms with Crippen LogP contribution in [0.2, 0.25) is 0 Å². The van der Waals surface area contributed by atoms with Gasteiger partial charge >= 0.3 is 0 Å². The molecule has 0 atom stereocenters. The highest BCUT2D eigenvalue weighted by molar-refractivity contribution is 6.68. The van der Waals surface area contributed by atoms with Gasteiger partial charge < -0.3 is 5.32 Å². The van der Waals surface area contributed by atoms with E-state index in [0.717, 1.165) is 11.4 Å². The Morgan fingerprint density at radius 2 is 2.25 bits per heavy atom. The lowest BCUT2D eigenvalue weighted by atomic mass is 10.2. The van der Waals surface area contributed by atoms with Crippen LogP contribution in [0.25, 0.3) is 5.69 Å². The average molecular weight is 288 g/mol. The number of para-hydroxylation sites is 2. The molecule has 2 rings (SSSR count). The van der Waals surface area contributed by atoms with Crippen LogP contribution in [0, 0.1) is 0 Å². The fraction of sp³-hybridized carbons (Fsp3) is 0.0714. The lowest BCUT2D eigenvalue weighted by Crippen LogP contribution is -2.04. The van der Waals surface area contributed by atoms with Gasteiger partial charge in [0.1, 0.15) is 18.2 Å². The highest BCUT2D eigenvalue weighted by atomic mass is 35.5. The van der Waals surface area contributed by atoms with E-state index in [9.17, 15) is 0 Å². The summed E-state index contributed by atoms with van der Waals surface area (Å²) in [5.74, 6) is 0. The van der Waals surface area contributed by atoms with Gasteiger partial charge in [0.25, 0.3) is 0 Å². The summed E-state index contributed by atoms with van der Waals surface area (Å²) in [5.41, 5.74) is 1.90. The molecule has 1 aromatic heterocycles. The second-order valence-electron chi connectivity index (χ2n) is 3.76. The maximum atomic E-state index is 5.66. The first kappa shape index (κ1) is 14.0. The Bertz CT molecular complexity index is 616. The predicted octanol–water partition coefficient (Wildman–Crippen LogP) is 3.09. The molecule has 0 bridgehead atoms. The van der Waals surface area contributed by atoms with Gasteiger partial charge in [0.05, 0.1) is 11.4 Å². The van der Waals surface area contributed by atoms with Crippen molar-refractivity contribution in [3.63, 3.8) is 0 Å². The molecule has 0 radical (unpaired) electrons. The van der Waals surface area contributed by atoms with Crippen LogP contribution in [-0.4, -0.2) is 28.0 Å². The Balaban J connectivity index is 2.02. The molecule has 0 amide bonds. The van der Waals surface area contributed by atoms with Gasteiger partial charge in [0.2, 0.25) is 0 Å². The van der Waals surface area contributed by atoms with E-state index in [2.05, 4.69) is 27.0 Å². The SMILES string of the molecule is C=CC(Cl)=NC=NCNc1ccccc1-n1cccn1. The molecular weight excluding hydrogens is 274 g/mol. The molecule has 0 aliphatic rings. The molecule has 102 valence electrons. The second-order valence-corrected chi connectivity index (χ2v) is 4.14. The summed E-state index contributed by atoms with van der Waals surface area (Å²) < 4.78 is 1.79. The molecule has 0 spiro atoms. The third-order valence-electron chi connectivity index (χ3n) is 2.45. The Morgan fingerprint density at radius 1 is 1.40 bits per heavy atom. The molecule has 0 aliphatic heterocycles. The van der Waals surface area contributed by atoms with Crippen molar-refractivity contribution in [2.24, 2.45) is 9.98 Å². The number of hydrogen-bond donors (Lipinski definition) is 1. The molecule has 1 heterocycles. The molecule has 5 nitrogen and oxygen atoms in total. The van der Waals surface area contributed by atoms with Crippen LogP contribution in [0.5, 0.6) is 0 Å². The molecular formula is C14H14ClN5. The topological polar surface area (TPSA) is 54.6 Å². The third kappa shape index (κ3) is 3.80. The van der Waals surface area contributed by atoms with Crippen LogP contribution in [0.15, 0.2) is 65.4 Å². The number of nitrogens with zero attached hydrogens (tertiary/aromatic N) is 4. The van der Waals surface area contributed by atoms with E-state index in [-0.39, 0.29) is 0 Å². The molecule has 6 heteroatoms. The van der Waals surface area contributed by atoms with Crippen molar-refractivity contribution in [1.82, 2.24) is 9.78 Å². The molecule has 0 aliphatic carbocycles. The lowest BCUT2D eigenvalue weighted by molar-refractivity contribution is 0.879. The van der Waals surface area contributed by atoms with Gasteiger partial charge in [-0.15, -0.1) is 0 Å². The van der Waals surface area contributed by atoms with Crippen molar-refractivity contribution in [2.45, 2.75) is 0 Å². The molecule has 0 saturated heterocycles. The van der Waals surface area contributed by atoms with Gasteiger partial charge in [-0.1, -0.05) is 30.3 Å². The standard InChI is InChI=1S/C14H14ClN5/c1-2-14(15)18-11-16-10-17-12-6-3-4-7-13(12)20-9-5-8-19-20/h2-9,11,17H,1,10H2. The van der Waals surface area contributed by atoms with Crippen molar-refractivity contribution in [2.75, 3.05) is 12.0 Å². The summed E-state index contributed by atoms with van der Waals surface area (Å²) >= 11 is 5.66. The van der Waals surface area contributed by atoms with Crippen molar-refractivity contribution in [1.29, 1.82) is 0 Å². The number of aromatic nitrogens is 2. The Hall–Kier alpha value is -2.40. The van der Waals surface area contributed by atoms with E-state index in [0.29, 0.717) is 11.8 Å². The minimum Gasteiger partial charge on any atom is -0.364 e. The fourth-order valence-electron chi connectivity index (χ4n) is 1.55. The van der Waals surface area contributed by atoms with E-state index in [1.165, 1.54) is 12.4 Å². The molecule has 2 aromatic rings. The Labute approximate surface area is 122 Å². The van der Waals surface area contributed by atoms with Crippen molar-refractivity contribution < 1.29 is 0 Å². The maximum Gasteiger partial charge on any atom is 0.130 e. The number of benzene rings is 1. The van der Waals surface area contributed by atoms with Crippen LogP contribution in [0.1, 0.15) is 0 Å². The van der Waals surface area contributed by atoms with Gasteiger partial charge in [0.15, 0.2) is 0 Å². The zero-order valence-corrected chi connectivity index (χ0v) is 11.5. The monoisotopic (exact) mass is 287 g/mol. The third-order valence-corrected chi connectivity index (χ3v) is 2.70. The van der Waals surface area contributed by atoms with E-state index >= 15 is 0 Å². The first-order valence-corrected chi connectivity index (χ1v) is 6.36. The van der Waals surface area contributed by atoms with E-state index < -0.39 is 0 Å². The number of rotatable bonds is 6. The smallest absolute Gasteiger partial charge is 0.130 e. The maximum absolute atomic E-state index is 5.66. The van der Waals surface area contributed by atoms with E-state index in [1.807, 2.05) is 36.5 Å². The summed E-state index contributed by atoms with van der Waals surface area (Å²) in [4.78, 5) is 7.95. The number of halogens is 1. The summed E-state index contributed by atoms with van der Waals surface area (Å²) in [6.45, 7) is 3.89. The molecule has 0 saturated carbocycles. The van der Waals surface area contributed by atoms with Gasteiger partial charge in [-0.05, 0) is 24.3 Å². The molecule has 1 aromatic carbocycles. The minimum absolute atomic E-state index is 0.311. The summed E-state index contributed by atoms with van der Waals surface area (Å²) in [6.07, 6.45) is 6.47. The highest BCUT2D eigenvalue weighted by Gasteiger charge is 2.02. The largest absolute Gasteiger partial charge is 0.364 e. The van der Waals surface area contributed by atoms with Crippen LogP contribution >= 0.6 is 11.6 Å². The van der Waals surface area contributed by atoms with Crippen molar-refractivity contribution >= 4 is 28.8 Å². The summed E-state index contributed by atoms with van der Waals surface area (Å²) in [5, 5.41) is 7.72. The number of nitrogens with one attached hydrogen (secondary N) is 1. The van der Waals surface area contributed by atoms with Gasteiger partial charge in [-0.2, -0.15) is 5.10 Å². The summed E-state index contributed by atoms with van der Waals surface area (Å²) in [6, 6.07) is 9.73. The van der Waals surface area contributed by atoms with E-state index in [4.69, 9.17) is 11.6 Å². The van der Waals surface area contributed by atoms with Crippen LogP contribution in [0.4, 0.5) is 5.69 Å². The van der Waals surface area contributed by atoms with Gasteiger partial charge in [-0.25, -0.2) is 9.67 Å².